The third-order valence-corrected chi connectivity index (χ3v) is 4.82. The van der Waals surface area contributed by atoms with Gasteiger partial charge in [0.15, 0.2) is 0 Å². The van der Waals surface area contributed by atoms with Gasteiger partial charge in [-0.2, -0.15) is 10.2 Å². The molecule has 0 unspecified atom stereocenters. The Morgan fingerprint density at radius 2 is 1.82 bits per heavy atom. The second-order valence-corrected chi connectivity index (χ2v) is 6.88. The summed E-state index contributed by atoms with van der Waals surface area (Å²) in [5.74, 6) is -0.646. The van der Waals surface area contributed by atoms with E-state index in [9.17, 15) is 14.9 Å². The highest BCUT2D eigenvalue weighted by atomic mass is 35.5. The highest BCUT2D eigenvalue weighted by Crippen LogP contribution is 2.26. The topological polar surface area (TPSA) is 108 Å². The van der Waals surface area contributed by atoms with Crippen molar-refractivity contribution in [2.45, 2.75) is 27.3 Å². The number of hydrogen-bond donors (Lipinski definition) is 1. The van der Waals surface area contributed by atoms with Crippen LogP contribution in [0.25, 0.3) is 0 Å². The van der Waals surface area contributed by atoms with E-state index in [1.807, 2.05) is 19.1 Å². The van der Waals surface area contributed by atoms with Gasteiger partial charge in [-0.05, 0) is 38.5 Å². The minimum atomic E-state index is -0.646. The first-order chi connectivity index (χ1) is 13.2. The molecule has 9 nitrogen and oxygen atoms in total. The van der Waals surface area contributed by atoms with Crippen LogP contribution in [0.5, 0.6) is 0 Å². The van der Waals surface area contributed by atoms with Gasteiger partial charge in [0.2, 0.25) is 5.69 Å². The summed E-state index contributed by atoms with van der Waals surface area (Å²) in [7, 11) is 1.56. The van der Waals surface area contributed by atoms with Gasteiger partial charge in [0.1, 0.15) is 5.69 Å². The SMILES string of the molecule is Cc1nn(Cc2ccc(Cl)cc2)c(C)c1NC(=O)c1nn(C)c(C)c1[N+](=O)[O-]. The molecule has 0 saturated carbocycles. The van der Waals surface area contributed by atoms with Crippen LogP contribution in [0.4, 0.5) is 11.4 Å². The van der Waals surface area contributed by atoms with E-state index in [4.69, 9.17) is 11.6 Å². The molecule has 3 rings (SSSR count). The van der Waals surface area contributed by atoms with E-state index in [0.717, 1.165) is 11.3 Å². The summed E-state index contributed by atoms with van der Waals surface area (Å²) in [5, 5.41) is 23.2. The Balaban J connectivity index is 1.88. The fourth-order valence-electron chi connectivity index (χ4n) is 2.94. The molecular formula is C18H19ClN6O3. The molecule has 1 aromatic carbocycles. The van der Waals surface area contributed by atoms with Gasteiger partial charge in [-0.15, -0.1) is 0 Å². The highest BCUT2D eigenvalue weighted by Gasteiger charge is 2.30. The molecule has 0 aliphatic rings. The predicted octanol–water partition coefficient (Wildman–Crippen LogP) is 3.40. The normalized spacial score (nSPS) is 10.9. The molecule has 0 aliphatic heterocycles. The number of hydrogen-bond acceptors (Lipinski definition) is 5. The number of nitro groups is 1. The lowest BCUT2D eigenvalue weighted by atomic mass is 10.2. The Bertz CT molecular complexity index is 1070. The molecule has 2 heterocycles. The van der Waals surface area contributed by atoms with Crippen molar-refractivity contribution in [2.24, 2.45) is 7.05 Å². The standard InChI is InChI=1S/C18H19ClN6O3/c1-10-15(11(2)24(21-10)9-13-5-7-14(19)8-6-13)20-18(26)16-17(25(27)28)12(3)23(4)22-16/h5-8H,9H2,1-4H3,(H,20,26). The predicted molar refractivity (Wildman–Crippen MR) is 105 cm³/mol. The van der Waals surface area contributed by atoms with Crippen molar-refractivity contribution < 1.29 is 9.72 Å². The molecule has 10 heteroatoms. The third kappa shape index (κ3) is 3.61. The Morgan fingerprint density at radius 1 is 1.18 bits per heavy atom. The summed E-state index contributed by atoms with van der Waals surface area (Å²) in [6.45, 7) is 5.63. The largest absolute Gasteiger partial charge is 0.322 e. The number of amides is 1. The molecule has 0 fully saturated rings. The van der Waals surface area contributed by atoms with Crippen LogP contribution in [0, 0.1) is 30.9 Å². The molecular weight excluding hydrogens is 384 g/mol. The summed E-state index contributed by atoms with van der Waals surface area (Å²) in [5.41, 5.74) is 2.63. The van der Waals surface area contributed by atoms with Crippen molar-refractivity contribution in [3.8, 4) is 0 Å². The number of aromatic nitrogens is 4. The summed E-state index contributed by atoms with van der Waals surface area (Å²) in [6, 6.07) is 7.40. The molecule has 1 amide bonds. The van der Waals surface area contributed by atoms with Crippen LogP contribution in [0.1, 0.15) is 33.1 Å². The lowest BCUT2D eigenvalue weighted by Crippen LogP contribution is -2.16. The van der Waals surface area contributed by atoms with Gasteiger partial charge in [0.05, 0.1) is 28.5 Å². The van der Waals surface area contributed by atoms with E-state index in [1.165, 1.54) is 4.68 Å². The van der Waals surface area contributed by atoms with Gasteiger partial charge in [-0.3, -0.25) is 24.3 Å². The van der Waals surface area contributed by atoms with Gasteiger partial charge >= 0.3 is 5.69 Å². The molecule has 146 valence electrons. The summed E-state index contributed by atoms with van der Waals surface area (Å²) in [6.07, 6.45) is 0. The third-order valence-electron chi connectivity index (χ3n) is 4.57. The Kier molecular flexibility index (Phi) is 5.19. The minimum absolute atomic E-state index is 0.228. The zero-order valence-electron chi connectivity index (χ0n) is 15.9. The molecule has 0 spiro atoms. The second kappa shape index (κ2) is 7.43. The molecule has 0 atom stereocenters. The Hall–Kier alpha value is -3.20. The monoisotopic (exact) mass is 402 g/mol. The number of nitrogens with zero attached hydrogens (tertiary/aromatic N) is 5. The quantitative estimate of drug-likeness (QED) is 0.519. The van der Waals surface area contributed by atoms with Crippen molar-refractivity contribution in [3.63, 3.8) is 0 Å². The average molecular weight is 403 g/mol. The number of benzene rings is 1. The molecule has 0 bridgehead atoms. The number of rotatable bonds is 5. The highest BCUT2D eigenvalue weighted by molar-refractivity contribution is 6.30. The van der Waals surface area contributed by atoms with E-state index in [0.29, 0.717) is 28.6 Å². The number of halogens is 1. The van der Waals surface area contributed by atoms with Gasteiger partial charge < -0.3 is 5.32 Å². The molecule has 0 saturated heterocycles. The molecule has 1 N–H and O–H groups in total. The van der Waals surface area contributed by atoms with Crippen LogP contribution < -0.4 is 5.32 Å². The maximum absolute atomic E-state index is 12.7. The fraction of sp³-hybridized carbons (Fsp3) is 0.278. The van der Waals surface area contributed by atoms with Crippen LogP contribution in [0.2, 0.25) is 5.02 Å². The van der Waals surface area contributed by atoms with Gasteiger partial charge in [0.25, 0.3) is 5.91 Å². The van der Waals surface area contributed by atoms with E-state index in [2.05, 4.69) is 15.5 Å². The second-order valence-electron chi connectivity index (χ2n) is 6.45. The molecule has 2 aromatic heterocycles. The van der Waals surface area contributed by atoms with Crippen molar-refractivity contribution in [3.05, 3.63) is 67.7 Å². The van der Waals surface area contributed by atoms with E-state index < -0.39 is 10.8 Å². The van der Waals surface area contributed by atoms with Crippen LogP contribution in [-0.2, 0) is 13.6 Å². The number of nitrogens with one attached hydrogen (secondary N) is 1. The van der Waals surface area contributed by atoms with Crippen LogP contribution >= 0.6 is 11.6 Å². The molecule has 28 heavy (non-hydrogen) atoms. The molecule has 0 aliphatic carbocycles. The zero-order valence-corrected chi connectivity index (χ0v) is 16.6. The van der Waals surface area contributed by atoms with Gasteiger partial charge in [-0.25, -0.2) is 0 Å². The van der Waals surface area contributed by atoms with Crippen molar-refractivity contribution in [1.29, 1.82) is 0 Å². The fourth-order valence-corrected chi connectivity index (χ4v) is 3.06. The molecule has 3 aromatic rings. The lowest BCUT2D eigenvalue weighted by molar-refractivity contribution is -0.385. The molecule has 0 radical (unpaired) electrons. The smallest absolute Gasteiger partial charge is 0.317 e. The number of anilines is 1. The average Bonchev–Trinajstić information content (AvgIpc) is 3.08. The first-order valence-electron chi connectivity index (χ1n) is 8.46. The van der Waals surface area contributed by atoms with Gasteiger partial charge in [-0.1, -0.05) is 23.7 Å². The lowest BCUT2D eigenvalue weighted by Gasteiger charge is -2.07. The van der Waals surface area contributed by atoms with Crippen molar-refractivity contribution in [1.82, 2.24) is 19.6 Å². The van der Waals surface area contributed by atoms with Crippen LogP contribution in [0.3, 0.4) is 0 Å². The summed E-state index contributed by atoms with van der Waals surface area (Å²) < 4.78 is 3.07. The number of carbonyl (C=O) groups excluding carboxylic acids is 1. The van der Waals surface area contributed by atoms with E-state index >= 15 is 0 Å². The maximum Gasteiger partial charge on any atom is 0.322 e. The Morgan fingerprint density at radius 3 is 2.43 bits per heavy atom. The maximum atomic E-state index is 12.7. The van der Waals surface area contributed by atoms with Crippen LogP contribution in [0.15, 0.2) is 24.3 Å². The number of carbonyl (C=O) groups is 1. The first-order valence-corrected chi connectivity index (χ1v) is 8.84. The minimum Gasteiger partial charge on any atom is -0.317 e. The number of aryl methyl sites for hydroxylation is 2. The van der Waals surface area contributed by atoms with Crippen molar-refractivity contribution in [2.75, 3.05) is 5.32 Å². The van der Waals surface area contributed by atoms with E-state index in [-0.39, 0.29) is 11.4 Å². The van der Waals surface area contributed by atoms with Crippen LogP contribution in [-0.4, -0.2) is 30.4 Å². The summed E-state index contributed by atoms with van der Waals surface area (Å²) >= 11 is 5.91. The zero-order chi connectivity index (χ0) is 20.6. The Labute approximate surface area is 166 Å². The van der Waals surface area contributed by atoms with Crippen molar-refractivity contribution >= 4 is 28.9 Å². The van der Waals surface area contributed by atoms with E-state index in [1.54, 1.807) is 37.7 Å². The van der Waals surface area contributed by atoms with Gasteiger partial charge in [0, 0.05) is 12.1 Å². The summed E-state index contributed by atoms with van der Waals surface area (Å²) in [4.78, 5) is 23.4. The first kappa shape index (κ1) is 19.6.